The normalized spacial score (nSPS) is 14.5. The molecule has 0 unspecified atom stereocenters. The lowest BCUT2D eigenvalue weighted by Crippen LogP contribution is -2.28. The minimum Gasteiger partial charge on any atom is -0.340 e. The van der Waals surface area contributed by atoms with Gasteiger partial charge in [0.1, 0.15) is 5.82 Å². The van der Waals surface area contributed by atoms with Gasteiger partial charge in [-0.2, -0.15) is 0 Å². The number of hydrogen-bond donors (Lipinski definition) is 2. The highest BCUT2D eigenvalue weighted by molar-refractivity contribution is 5.89. The lowest BCUT2D eigenvalue weighted by molar-refractivity contribution is 0.372. The highest BCUT2D eigenvalue weighted by atomic mass is 15.0. The zero-order valence-corrected chi connectivity index (χ0v) is 18.5. The Morgan fingerprint density at radius 3 is 2.78 bits per heavy atom. The van der Waals surface area contributed by atoms with Gasteiger partial charge in [0.25, 0.3) is 0 Å². The van der Waals surface area contributed by atoms with Crippen LogP contribution in [0.1, 0.15) is 24.0 Å². The molecule has 32 heavy (non-hydrogen) atoms. The Morgan fingerprint density at radius 1 is 1.09 bits per heavy atom. The molecule has 0 saturated carbocycles. The number of rotatable bonds is 6. The third-order valence-corrected chi connectivity index (χ3v) is 6.37. The van der Waals surface area contributed by atoms with Crippen molar-refractivity contribution >= 4 is 22.3 Å². The van der Waals surface area contributed by atoms with E-state index >= 15 is 0 Å². The molecule has 5 nitrogen and oxygen atoms in total. The average Bonchev–Trinajstić information content (AvgIpc) is 3.25. The first-order chi connectivity index (χ1) is 15.7. The van der Waals surface area contributed by atoms with E-state index in [0.717, 1.165) is 64.5 Å². The number of fused-ring (bicyclic) bond motifs is 1. The van der Waals surface area contributed by atoms with Crippen LogP contribution in [0.2, 0.25) is 0 Å². The van der Waals surface area contributed by atoms with Crippen molar-refractivity contribution in [2.75, 3.05) is 18.4 Å². The van der Waals surface area contributed by atoms with Gasteiger partial charge in [-0.1, -0.05) is 36.9 Å². The highest BCUT2D eigenvalue weighted by Gasteiger charge is 2.14. The van der Waals surface area contributed by atoms with Crippen LogP contribution in [0.5, 0.6) is 0 Å². The molecule has 4 aromatic rings. The van der Waals surface area contributed by atoms with E-state index < -0.39 is 0 Å². The zero-order valence-electron chi connectivity index (χ0n) is 18.5. The molecule has 1 fully saturated rings. The first kappa shape index (κ1) is 20.5. The fourth-order valence-electron chi connectivity index (χ4n) is 4.54. The van der Waals surface area contributed by atoms with E-state index in [1.807, 2.05) is 30.3 Å². The van der Waals surface area contributed by atoms with Gasteiger partial charge in [-0.25, -0.2) is 9.97 Å². The van der Waals surface area contributed by atoms with E-state index in [4.69, 9.17) is 0 Å². The maximum atomic E-state index is 4.60. The van der Waals surface area contributed by atoms with Crippen molar-refractivity contribution in [2.24, 2.45) is 13.0 Å². The van der Waals surface area contributed by atoms with Crippen LogP contribution < -0.4 is 10.6 Å². The van der Waals surface area contributed by atoms with Crippen molar-refractivity contribution < 1.29 is 0 Å². The van der Waals surface area contributed by atoms with E-state index in [9.17, 15) is 0 Å². The highest BCUT2D eigenvalue weighted by Crippen LogP contribution is 2.26. The second kappa shape index (κ2) is 8.97. The largest absolute Gasteiger partial charge is 0.340 e. The molecule has 1 aliphatic heterocycles. The van der Waals surface area contributed by atoms with E-state index in [0.29, 0.717) is 0 Å². The van der Waals surface area contributed by atoms with E-state index in [-0.39, 0.29) is 0 Å². The van der Waals surface area contributed by atoms with Gasteiger partial charge in [0.15, 0.2) is 0 Å². The zero-order chi connectivity index (χ0) is 21.9. The number of aryl methyl sites for hydroxylation is 1. The monoisotopic (exact) mass is 423 g/mol. The maximum absolute atomic E-state index is 4.60. The summed E-state index contributed by atoms with van der Waals surface area (Å²) in [7, 11) is 2.01. The molecule has 2 aromatic carbocycles. The predicted octanol–water partition coefficient (Wildman–Crippen LogP) is 5.26. The predicted molar refractivity (Wildman–Crippen MR) is 132 cm³/mol. The van der Waals surface area contributed by atoms with Gasteiger partial charge in [-0.15, -0.1) is 0 Å². The first-order valence-electron chi connectivity index (χ1n) is 11.3. The van der Waals surface area contributed by atoms with Gasteiger partial charge < -0.3 is 15.2 Å². The van der Waals surface area contributed by atoms with Crippen LogP contribution in [-0.4, -0.2) is 27.6 Å². The number of piperidine rings is 1. The van der Waals surface area contributed by atoms with Crippen molar-refractivity contribution in [3.05, 3.63) is 85.0 Å². The summed E-state index contributed by atoms with van der Waals surface area (Å²) in [6, 6.07) is 17.2. The van der Waals surface area contributed by atoms with Crippen molar-refractivity contribution in [1.29, 1.82) is 0 Å². The van der Waals surface area contributed by atoms with Crippen molar-refractivity contribution in [3.63, 3.8) is 0 Å². The minimum atomic E-state index is 0.767. The number of pyridine rings is 1. The fourth-order valence-corrected chi connectivity index (χ4v) is 4.54. The van der Waals surface area contributed by atoms with Gasteiger partial charge in [0.05, 0.1) is 18.2 Å². The van der Waals surface area contributed by atoms with Gasteiger partial charge in [-0.3, -0.25) is 0 Å². The van der Waals surface area contributed by atoms with Crippen LogP contribution >= 0.6 is 0 Å². The smallest absolute Gasteiger partial charge is 0.130 e. The van der Waals surface area contributed by atoms with Crippen molar-refractivity contribution in [2.45, 2.75) is 19.3 Å². The Kier molecular flexibility index (Phi) is 5.73. The Bertz CT molecular complexity index is 1250. The summed E-state index contributed by atoms with van der Waals surface area (Å²) in [6.07, 6.45) is 9.26. The Hall–Kier alpha value is -3.44. The van der Waals surface area contributed by atoms with Crippen molar-refractivity contribution in [3.8, 4) is 11.3 Å². The summed E-state index contributed by atoms with van der Waals surface area (Å²) < 4.78 is 2.03. The van der Waals surface area contributed by atoms with Crippen LogP contribution in [-0.2, 0) is 13.5 Å². The number of benzene rings is 2. The third-order valence-electron chi connectivity index (χ3n) is 6.37. The molecule has 2 N–H and O–H groups in total. The van der Waals surface area contributed by atoms with Gasteiger partial charge in [0, 0.05) is 29.9 Å². The Balaban J connectivity index is 1.34. The van der Waals surface area contributed by atoms with Crippen LogP contribution in [0.15, 0.2) is 73.8 Å². The molecule has 0 radical (unpaired) electrons. The molecule has 0 bridgehead atoms. The standard InChI is InChI=1S/C27H29N5/c1-19(22-5-3-4-21(13-22)12-20-8-10-28-11-9-20)31-27-15-25-14-23(6-7-24(25)16-30-27)26-17-29-18-32(26)2/h3-7,13-18,20,28H,1,8-12H2,2H3,(H,30,31). The number of hydrogen-bond acceptors (Lipinski definition) is 4. The molecule has 5 heteroatoms. The van der Waals surface area contributed by atoms with Crippen LogP contribution in [0.3, 0.4) is 0 Å². The molecule has 162 valence electrons. The second-order valence-corrected chi connectivity index (χ2v) is 8.72. The molecule has 0 aliphatic carbocycles. The average molecular weight is 424 g/mol. The maximum Gasteiger partial charge on any atom is 0.130 e. The first-order valence-corrected chi connectivity index (χ1v) is 11.3. The molecular formula is C27H29N5. The number of anilines is 1. The second-order valence-electron chi connectivity index (χ2n) is 8.72. The molecule has 0 atom stereocenters. The van der Waals surface area contributed by atoms with Gasteiger partial charge >= 0.3 is 0 Å². The number of nitrogens with zero attached hydrogens (tertiary/aromatic N) is 3. The number of aromatic nitrogens is 3. The Labute approximate surface area is 189 Å². The summed E-state index contributed by atoms with van der Waals surface area (Å²) in [4.78, 5) is 8.84. The topological polar surface area (TPSA) is 54.8 Å². The summed E-state index contributed by atoms with van der Waals surface area (Å²) in [5.41, 5.74) is 5.59. The molecule has 3 heterocycles. The van der Waals surface area contributed by atoms with Crippen molar-refractivity contribution in [1.82, 2.24) is 19.9 Å². The number of nitrogens with one attached hydrogen (secondary N) is 2. The SMILES string of the molecule is C=C(Nc1cc2cc(-c3cncn3C)ccc2cn1)c1cccc(CC2CCNCC2)c1. The quantitative estimate of drug-likeness (QED) is 0.444. The van der Waals surface area contributed by atoms with E-state index in [1.54, 1.807) is 0 Å². The summed E-state index contributed by atoms with van der Waals surface area (Å²) >= 11 is 0. The molecule has 5 rings (SSSR count). The Morgan fingerprint density at radius 2 is 1.97 bits per heavy atom. The molecule has 0 amide bonds. The fraction of sp³-hybridized carbons (Fsp3) is 0.259. The number of imidazole rings is 1. The molecular weight excluding hydrogens is 394 g/mol. The summed E-state index contributed by atoms with van der Waals surface area (Å²) in [5, 5.41) is 9.10. The van der Waals surface area contributed by atoms with E-state index in [1.165, 1.54) is 18.4 Å². The molecule has 1 aliphatic rings. The van der Waals surface area contributed by atoms with Gasteiger partial charge in [-0.05, 0) is 73.0 Å². The molecule has 2 aromatic heterocycles. The van der Waals surface area contributed by atoms with E-state index in [2.05, 4.69) is 75.7 Å². The third kappa shape index (κ3) is 4.43. The van der Waals surface area contributed by atoms with Crippen LogP contribution in [0.4, 0.5) is 5.82 Å². The summed E-state index contributed by atoms with van der Waals surface area (Å²) in [5.74, 6) is 1.57. The lowest BCUT2D eigenvalue weighted by Gasteiger charge is -2.22. The molecule has 0 spiro atoms. The summed E-state index contributed by atoms with van der Waals surface area (Å²) in [6.45, 7) is 6.55. The van der Waals surface area contributed by atoms with Gasteiger partial charge in [0.2, 0.25) is 0 Å². The minimum absolute atomic E-state index is 0.767. The van der Waals surface area contributed by atoms with Crippen LogP contribution in [0.25, 0.3) is 27.7 Å². The lowest BCUT2D eigenvalue weighted by atomic mass is 9.90. The van der Waals surface area contributed by atoms with Crippen LogP contribution in [0, 0.1) is 5.92 Å². The molecule has 1 saturated heterocycles.